The third kappa shape index (κ3) is 2.70. The van der Waals surface area contributed by atoms with E-state index in [1.54, 1.807) is 19.1 Å². The van der Waals surface area contributed by atoms with E-state index in [1.807, 2.05) is 6.07 Å². The van der Waals surface area contributed by atoms with Crippen molar-refractivity contribution in [1.29, 1.82) is 0 Å². The molecule has 22 heavy (non-hydrogen) atoms. The molecule has 2 atom stereocenters. The normalized spacial score (nSPS) is 29.3. The van der Waals surface area contributed by atoms with Crippen LogP contribution in [0.2, 0.25) is 0 Å². The topological polar surface area (TPSA) is 61.4 Å². The van der Waals surface area contributed by atoms with Gasteiger partial charge in [0.15, 0.2) is 0 Å². The number of urea groups is 1. The van der Waals surface area contributed by atoms with Gasteiger partial charge in [0.05, 0.1) is 0 Å². The van der Waals surface area contributed by atoms with E-state index in [0.717, 1.165) is 19.4 Å². The summed E-state index contributed by atoms with van der Waals surface area (Å²) >= 11 is 0. The zero-order valence-electron chi connectivity index (χ0n) is 12.6. The molecule has 0 saturated carbocycles. The van der Waals surface area contributed by atoms with Crippen molar-refractivity contribution in [2.75, 3.05) is 13.1 Å². The zero-order chi connectivity index (χ0) is 15.7. The van der Waals surface area contributed by atoms with Gasteiger partial charge in [0.2, 0.25) is 0 Å². The number of rotatable bonds is 3. The van der Waals surface area contributed by atoms with E-state index in [0.29, 0.717) is 18.7 Å². The van der Waals surface area contributed by atoms with Crippen LogP contribution in [0.1, 0.15) is 25.3 Å². The molecule has 0 radical (unpaired) electrons. The van der Waals surface area contributed by atoms with E-state index in [4.69, 9.17) is 0 Å². The Kier molecular flexibility index (Phi) is 3.87. The quantitative estimate of drug-likeness (QED) is 0.835. The third-order valence-electron chi connectivity index (χ3n) is 4.75. The summed E-state index contributed by atoms with van der Waals surface area (Å²) in [5.74, 6) is -0.447. The molecule has 2 aliphatic heterocycles. The Morgan fingerprint density at radius 1 is 1.36 bits per heavy atom. The number of piperidine rings is 1. The minimum atomic E-state index is -0.870. The van der Waals surface area contributed by atoms with Crippen molar-refractivity contribution < 1.29 is 14.0 Å². The van der Waals surface area contributed by atoms with Crippen molar-refractivity contribution in [2.24, 2.45) is 5.92 Å². The van der Waals surface area contributed by atoms with Crippen molar-refractivity contribution in [2.45, 2.75) is 31.8 Å². The van der Waals surface area contributed by atoms with Crippen LogP contribution in [0.25, 0.3) is 0 Å². The van der Waals surface area contributed by atoms with Crippen LogP contribution in [0.4, 0.5) is 9.18 Å². The SMILES string of the molecule is CC1(C2CCCN(Cc3ccccc3F)C2)NC(=O)NC1=O. The van der Waals surface area contributed by atoms with Crippen molar-refractivity contribution in [3.63, 3.8) is 0 Å². The van der Waals surface area contributed by atoms with E-state index >= 15 is 0 Å². The Morgan fingerprint density at radius 3 is 2.82 bits per heavy atom. The summed E-state index contributed by atoms with van der Waals surface area (Å²) in [5, 5.41) is 5.06. The second-order valence-electron chi connectivity index (χ2n) is 6.28. The standard InChI is InChI=1S/C16H20FN3O2/c1-16(14(21)18-15(22)19-16)12-6-4-8-20(10-12)9-11-5-2-3-7-13(11)17/h2-3,5,7,12H,4,6,8-10H2,1H3,(H2,18,19,21,22). The van der Waals surface area contributed by atoms with Gasteiger partial charge in [-0.15, -0.1) is 0 Å². The van der Waals surface area contributed by atoms with E-state index in [9.17, 15) is 14.0 Å². The minimum absolute atomic E-state index is 0.0273. The highest BCUT2D eigenvalue weighted by atomic mass is 19.1. The lowest BCUT2D eigenvalue weighted by Crippen LogP contribution is -2.55. The number of imide groups is 1. The molecule has 3 rings (SSSR count). The number of likely N-dealkylation sites (tertiary alicyclic amines) is 1. The molecule has 0 spiro atoms. The number of benzene rings is 1. The van der Waals surface area contributed by atoms with Gasteiger partial charge in [-0.2, -0.15) is 0 Å². The summed E-state index contributed by atoms with van der Waals surface area (Å²) in [7, 11) is 0. The maximum Gasteiger partial charge on any atom is 0.322 e. The second kappa shape index (κ2) is 5.68. The number of carbonyl (C=O) groups is 2. The molecule has 6 heteroatoms. The summed E-state index contributed by atoms with van der Waals surface area (Å²) in [5.41, 5.74) is -0.210. The number of nitrogens with zero attached hydrogens (tertiary/aromatic N) is 1. The smallest absolute Gasteiger partial charge is 0.322 e. The van der Waals surface area contributed by atoms with E-state index in [2.05, 4.69) is 15.5 Å². The Morgan fingerprint density at radius 2 is 2.14 bits per heavy atom. The van der Waals surface area contributed by atoms with E-state index < -0.39 is 11.6 Å². The number of amides is 3. The number of carbonyl (C=O) groups excluding carboxylic acids is 2. The van der Waals surface area contributed by atoms with Gasteiger partial charge < -0.3 is 5.32 Å². The minimum Gasteiger partial charge on any atom is -0.323 e. The maximum atomic E-state index is 13.8. The van der Waals surface area contributed by atoms with E-state index in [-0.39, 0.29) is 17.6 Å². The van der Waals surface area contributed by atoms with Crippen LogP contribution in [0.5, 0.6) is 0 Å². The summed E-state index contributed by atoms with van der Waals surface area (Å²) < 4.78 is 13.8. The van der Waals surface area contributed by atoms with Gasteiger partial charge in [0, 0.05) is 24.6 Å². The molecule has 2 N–H and O–H groups in total. The molecule has 1 aromatic rings. The molecule has 3 amide bonds. The lowest BCUT2D eigenvalue weighted by Gasteiger charge is -2.39. The number of halogens is 1. The van der Waals surface area contributed by atoms with Gasteiger partial charge >= 0.3 is 6.03 Å². The Bertz CT molecular complexity index is 607. The molecule has 2 heterocycles. The van der Waals surface area contributed by atoms with Gasteiger partial charge in [-0.1, -0.05) is 18.2 Å². The molecule has 0 aromatic heterocycles. The molecule has 2 unspecified atom stereocenters. The lowest BCUT2D eigenvalue weighted by molar-refractivity contribution is -0.126. The Balaban J connectivity index is 1.71. The average molecular weight is 305 g/mol. The first-order valence-electron chi connectivity index (χ1n) is 7.58. The highest BCUT2D eigenvalue weighted by Crippen LogP contribution is 2.30. The first kappa shape index (κ1) is 15.0. The van der Waals surface area contributed by atoms with Gasteiger partial charge in [-0.3, -0.25) is 15.0 Å². The first-order valence-corrected chi connectivity index (χ1v) is 7.58. The average Bonchev–Trinajstić information content (AvgIpc) is 2.76. The maximum absolute atomic E-state index is 13.8. The molecule has 1 aromatic carbocycles. The highest BCUT2D eigenvalue weighted by molar-refractivity contribution is 6.06. The van der Waals surface area contributed by atoms with Crippen molar-refractivity contribution >= 4 is 11.9 Å². The largest absolute Gasteiger partial charge is 0.323 e. The monoisotopic (exact) mass is 305 g/mol. The molecular formula is C16H20FN3O2. The van der Waals surface area contributed by atoms with E-state index in [1.165, 1.54) is 6.07 Å². The van der Waals surface area contributed by atoms with Crippen LogP contribution >= 0.6 is 0 Å². The van der Waals surface area contributed by atoms with Crippen LogP contribution in [0.3, 0.4) is 0 Å². The molecule has 2 fully saturated rings. The summed E-state index contributed by atoms with van der Waals surface area (Å²) in [6.07, 6.45) is 1.80. The van der Waals surface area contributed by atoms with Crippen LogP contribution in [-0.2, 0) is 11.3 Å². The van der Waals surface area contributed by atoms with Crippen molar-refractivity contribution in [3.8, 4) is 0 Å². The summed E-state index contributed by atoms with van der Waals surface area (Å²) in [4.78, 5) is 25.6. The Hall–Kier alpha value is -1.95. The fourth-order valence-corrected chi connectivity index (χ4v) is 3.38. The van der Waals surface area contributed by atoms with Crippen LogP contribution < -0.4 is 10.6 Å². The number of hydrogen-bond donors (Lipinski definition) is 2. The molecule has 118 valence electrons. The summed E-state index contributed by atoms with van der Waals surface area (Å²) in [6, 6.07) is 6.31. The van der Waals surface area contributed by atoms with Gasteiger partial charge in [-0.25, -0.2) is 9.18 Å². The molecule has 2 saturated heterocycles. The molecule has 2 aliphatic rings. The fourth-order valence-electron chi connectivity index (χ4n) is 3.38. The van der Waals surface area contributed by atoms with Gasteiger partial charge in [0.25, 0.3) is 5.91 Å². The second-order valence-corrected chi connectivity index (χ2v) is 6.28. The molecule has 0 aliphatic carbocycles. The number of nitrogens with one attached hydrogen (secondary N) is 2. The van der Waals surface area contributed by atoms with Crippen LogP contribution in [-0.4, -0.2) is 35.5 Å². The lowest BCUT2D eigenvalue weighted by atomic mass is 9.80. The van der Waals surface area contributed by atoms with Crippen molar-refractivity contribution in [3.05, 3.63) is 35.6 Å². The van der Waals surface area contributed by atoms with Crippen LogP contribution in [0, 0.1) is 11.7 Å². The summed E-state index contributed by atoms with van der Waals surface area (Å²) in [6.45, 7) is 3.83. The molecule has 5 nitrogen and oxygen atoms in total. The van der Waals surface area contributed by atoms with Gasteiger partial charge in [0.1, 0.15) is 11.4 Å². The third-order valence-corrected chi connectivity index (χ3v) is 4.75. The number of hydrogen-bond acceptors (Lipinski definition) is 3. The molecular weight excluding hydrogens is 285 g/mol. The fraction of sp³-hybridized carbons (Fsp3) is 0.500. The van der Waals surface area contributed by atoms with Gasteiger partial charge in [-0.05, 0) is 32.4 Å². The highest BCUT2D eigenvalue weighted by Gasteiger charge is 2.48. The Labute approximate surface area is 128 Å². The predicted octanol–water partition coefficient (Wildman–Crippen LogP) is 1.64. The zero-order valence-corrected chi connectivity index (χ0v) is 12.6. The first-order chi connectivity index (χ1) is 10.5. The molecule has 0 bridgehead atoms. The van der Waals surface area contributed by atoms with Crippen LogP contribution in [0.15, 0.2) is 24.3 Å². The predicted molar refractivity (Wildman–Crippen MR) is 79.5 cm³/mol. The van der Waals surface area contributed by atoms with Crippen molar-refractivity contribution in [1.82, 2.24) is 15.5 Å².